The van der Waals surface area contributed by atoms with Crippen LogP contribution in [0, 0.1) is 13.8 Å². The van der Waals surface area contributed by atoms with E-state index < -0.39 is 10.0 Å². The van der Waals surface area contributed by atoms with Crippen molar-refractivity contribution in [1.82, 2.24) is 4.31 Å². The number of hydrogen-bond acceptors (Lipinski definition) is 3. The Morgan fingerprint density at radius 2 is 1.54 bits per heavy atom. The third-order valence-corrected chi connectivity index (χ3v) is 8.08. The van der Waals surface area contributed by atoms with Crippen LogP contribution in [0.25, 0.3) is 0 Å². The first-order valence-electron chi connectivity index (χ1n) is 9.63. The molecule has 0 atom stereocenters. The minimum Gasteiger partial charge on any atom is -0.369 e. The minimum absolute atomic E-state index is 0.139. The van der Waals surface area contributed by atoms with Gasteiger partial charge < -0.3 is 4.90 Å². The summed E-state index contributed by atoms with van der Waals surface area (Å²) in [5.41, 5.74) is 4.06. The maximum absolute atomic E-state index is 13.4. The molecular weight excluding hydrogens is 436 g/mol. The first-order valence-corrected chi connectivity index (χ1v) is 11.9. The molecule has 0 unspecified atom stereocenters. The van der Waals surface area contributed by atoms with Crippen LogP contribution in [-0.2, 0) is 15.4 Å². The van der Waals surface area contributed by atoms with E-state index in [1.165, 1.54) is 11.3 Å². The average Bonchev–Trinajstić information content (AvgIpc) is 2.61. The molecule has 1 fully saturated rings. The zero-order chi connectivity index (χ0) is 20.7. The van der Waals surface area contributed by atoms with Crippen molar-refractivity contribution in [3.8, 4) is 0 Å². The van der Waals surface area contributed by atoms with Crippen LogP contribution in [0.1, 0.15) is 37.5 Å². The normalized spacial score (nSPS) is 16.4. The van der Waals surface area contributed by atoms with Gasteiger partial charge in [0, 0.05) is 36.3 Å². The van der Waals surface area contributed by atoms with Gasteiger partial charge in [0.15, 0.2) is 0 Å². The highest BCUT2D eigenvalue weighted by Crippen LogP contribution is 2.35. The third-order valence-electron chi connectivity index (χ3n) is 5.39. The van der Waals surface area contributed by atoms with E-state index in [0.29, 0.717) is 31.1 Å². The molecule has 0 spiro atoms. The Bertz CT molecular complexity index is 973. The quantitative estimate of drug-likeness (QED) is 0.649. The van der Waals surface area contributed by atoms with E-state index in [2.05, 4.69) is 60.7 Å². The molecule has 4 nitrogen and oxygen atoms in total. The van der Waals surface area contributed by atoms with E-state index in [4.69, 9.17) is 0 Å². The van der Waals surface area contributed by atoms with Crippen LogP contribution < -0.4 is 4.90 Å². The maximum Gasteiger partial charge on any atom is 0.243 e. The Labute approximate surface area is 177 Å². The highest BCUT2D eigenvalue weighted by atomic mass is 79.9. The van der Waals surface area contributed by atoms with Gasteiger partial charge in [0.2, 0.25) is 10.0 Å². The van der Waals surface area contributed by atoms with E-state index in [-0.39, 0.29) is 5.41 Å². The SMILES string of the molecule is Cc1ccccc1N1CCN(S(=O)(=O)c2cc(C(C)(C)C)c(Br)cc2C)CC1. The summed E-state index contributed by atoms with van der Waals surface area (Å²) in [6.45, 7) is 12.6. The standard InChI is InChI=1S/C22H29BrN2O2S/c1-16-8-6-7-9-20(16)24-10-12-25(13-11-24)28(26,27)21-15-18(22(3,4)5)19(23)14-17(21)2/h6-9,14-15H,10-13H2,1-5H3. The molecule has 0 bridgehead atoms. The molecule has 0 radical (unpaired) electrons. The van der Waals surface area contributed by atoms with Crippen molar-refractivity contribution in [2.24, 2.45) is 0 Å². The topological polar surface area (TPSA) is 40.6 Å². The van der Waals surface area contributed by atoms with E-state index in [0.717, 1.165) is 15.6 Å². The second kappa shape index (κ2) is 7.81. The lowest BCUT2D eigenvalue weighted by molar-refractivity contribution is 0.384. The number of sulfonamides is 1. The van der Waals surface area contributed by atoms with Crippen LogP contribution in [0.4, 0.5) is 5.69 Å². The minimum atomic E-state index is -3.52. The lowest BCUT2D eigenvalue weighted by Crippen LogP contribution is -2.49. The van der Waals surface area contributed by atoms with Gasteiger partial charge in [0.1, 0.15) is 0 Å². The Hall–Kier alpha value is -1.37. The summed E-state index contributed by atoms with van der Waals surface area (Å²) in [6.07, 6.45) is 0. The average molecular weight is 465 g/mol. The molecule has 28 heavy (non-hydrogen) atoms. The summed E-state index contributed by atoms with van der Waals surface area (Å²) in [5.74, 6) is 0. The van der Waals surface area contributed by atoms with Gasteiger partial charge in [0.05, 0.1) is 4.90 Å². The molecule has 0 saturated carbocycles. The van der Waals surface area contributed by atoms with Crippen molar-refractivity contribution in [2.45, 2.75) is 44.9 Å². The number of aryl methyl sites for hydroxylation is 2. The summed E-state index contributed by atoms with van der Waals surface area (Å²) in [5, 5.41) is 0. The first-order chi connectivity index (χ1) is 13.0. The summed E-state index contributed by atoms with van der Waals surface area (Å²) in [4.78, 5) is 2.70. The third kappa shape index (κ3) is 4.14. The fourth-order valence-electron chi connectivity index (χ4n) is 3.73. The van der Waals surface area contributed by atoms with E-state index >= 15 is 0 Å². The second-order valence-electron chi connectivity index (χ2n) is 8.53. The number of nitrogens with zero attached hydrogens (tertiary/aromatic N) is 2. The van der Waals surface area contributed by atoms with Crippen molar-refractivity contribution in [3.05, 3.63) is 57.6 Å². The Balaban J connectivity index is 1.86. The smallest absolute Gasteiger partial charge is 0.243 e. The number of anilines is 1. The van der Waals surface area contributed by atoms with Gasteiger partial charge in [-0.05, 0) is 54.2 Å². The highest BCUT2D eigenvalue weighted by molar-refractivity contribution is 9.10. The predicted molar refractivity (Wildman–Crippen MR) is 120 cm³/mol. The molecule has 0 aliphatic carbocycles. The molecule has 152 valence electrons. The zero-order valence-electron chi connectivity index (χ0n) is 17.3. The molecule has 0 N–H and O–H groups in total. The van der Waals surface area contributed by atoms with Gasteiger partial charge in [-0.1, -0.05) is 54.9 Å². The summed E-state index contributed by atoms with van der Waals surface area (Å²) in [7, 11) is -3.52. The van der Waals surface area contributed by atoms with Gasteiger partial charge >= 0.3 is 0 Å². The van der Waals surface area contributed by atoms with Crippen molar-refractivity contribution in [3.63, 3.8) is 0 Å². The van der Waals surface area contributed by atoms with E-state index in [1.807, 2.05) is 31.2 Å². The van der Waals surface area contributed by atoms with E-state index in [1.54, 1.807) is 4.31 Å². The molecule has 1 heterocycles. The van der Waals surface area contributed by atoms with Crippen LogP contribution in [0.5, 0.6) is 0 Å². The summed E-state index contributed by atoms with van der Waals surface area (Å²) < 4.78 is 29.4. The molecule has 0 aromatic heterocycles. The molecule has 3 rings (SSSR count). The number of hydrogen-bond donors (Lipinski definition) is 0. The number of piperazine rings is 1. The number of rotatable bonds is 3. The number of benzene rings is 2. The summed E-state index contributed by atoms with van der Waals surface area (Å²) >= 11 is 3.61. The molecule has 1 saturated heterocycles. The van der Waals surface area contributed by atoms with Gasteiger partial charge in [0.25, 0.3) is 0 Å². The molecule has 2 aromatic rings. The van der Waals surface area contributed by atoms with Gasteiger partial charge in [-0.3, -0.25) is 0 Å². The van der Waals surface area contributed by atoms with Crippen molar-refractivity contribution in [1.29, 1.82) is 0 Å². The highest BCUT2D eigenvalue weighted by Gasteiger charge is 2.31. The van der Waals surface area contributed by atoms with Gasteiger partial charge in [-0.25, -0.2) is 8.42 Å². The van der Waals surface area contributed by atoms with Crippen molar-refractivity contribution >= 4 is 31.6 Å². The van der Waals surface area contributed by atoms with Gasteiger partial charge in [-0.2, -0.15) is 4.31 Å². The molecule has 0 amide bonds. The Kier molecular flexibility index (Phi) is 5.95. The Morgan fingerprint density at radius 1 is 0.929 bits per heavy atom. The summed E-state index contributed by atoms with van der Waals surface area (Å²) in [6, 6.07) is 12.0. The van der Waals surface area contributed by atoms with Crippen LogP contribution in [0.3, 0.4) is 0 Å². The van der Waals surface area contributed by atoms with E-state index in [9.17, 15) is 8.42 Å². The molecule has 6 heteroatoms. The van der Waals surface area contributed by atoms with Crippen LogP contribution in [0.2, 0.25) is 0 Å². The van der Waals surface area contributed by atoms with Crippen molar-refractivity contribution in [2.75, 3.05) is 31.1 Å². The lowest BCUT2D eigenvalue weighted by atomic mass is 9.87. The van der Waals surface area contributed by atoms with Crippen LogP contribution in [-0.4, -0.2) is 38.9 Å². The van der Waals surface area contributed by atoms with Crippen LogP contribution >= 0.6 is 15.9 Å². The number of halogens is 1. The molecular formula is C22H29BrN2O2S. The largest absolute Gasteiger partial charge is 0.369 e. The fourth-order valence-corrected chi connectivity index (χ4v) is 6.44. The molecule has 1 aliphatic heterocycles. The maximum atomic E-state index is 13.4. The lowest BCUT2D eigenvalue weighted by Gasteiger charge is -2.36. The molecule has 2 aromatic carbocycles. The molecule has 1 aliphatic rings. The van der Waals surface area contributed by atoms with Crippen LogP contribution in [0.15, 0.2) is 45.8 Å². The Morgan fingerprint density at radius 3 is 2.11 bits per heavy atom. The predicted octanol–water partition coefficient (Wildman–Crippen LogP) is 4.87. The van der Waals surface area contributed by atoms with Gasteiger partial charge in [-0.15, -0.1) is 0 Å². The first kappa shape index (κ1) is 21.3. The zero-order valence-corrected chi connectivity index (χ0v) is 19.7. The number of para-hydroxylation sites is 1. The van der Waals surface area contributed by atoms with Crippen molar-refractivity contribution < 1.29 is 8.42 Å². The fraction of sp³-hybridized carbons (Fsp3) is 0.455. The second-order valence-corrected chi connectivity index (χ2v) is 11.3. The monoisotopic (exact) mass is 464 g/mol.